The highest BCUT2D eigenvalue weighted by Gasteiger charge is 2.18. The van der Waals surface area contributed by atoms with E-state index in [4.69, 9.17) is 5.73 Å². The van der Waals surface area contributed by atoms with Gasteiger partial charge in [0.1, 0.15) is 0 Å². The van der Waals surface area contributed by atoms with E-state index < -0.39 is 0 Å². The van der Waals surface area contributed by atoms with Crippen molar-refractivity contribution in [3.05, 3.63) is 28.7 Å². The van der Waals surface area contributed by atoms with Gasteiger partial charge in [0.15, 0.2) is 0 Å². The predicted octanol–water partition coefficient (Wildman–Crippen LogP) is 2.35. The summed E-state index contributed by atoms with van der Waals surface area (Å²) in [5, 5.41) is 2.85. The fourth-order valence-electron chi connectivity index (χ4n) is 2.21. The molecule has 118 valence electrons. The molecule has 0 saturated heterocycles. The zero-order valence-corrected chi connectivity index (χ0v) is 13.3. The van der Waals surface area contributed by atoms with Crippen LogP contribution < -0.4 is 16.6 Å². The van der Waals surface area contributed by atoms with Gasteiger partial charge in [0.2, 0.25) is 5.91 Å². The maximum Gasteiger partial charge on any atom is 0.250 e. The first-order valence-electron chi connectivity index (χ1n) is 7.58. The van der Waals surface area contributed by atoms with E-state index in [-0.39, 0.29) is 16.9 Å². The maximum absolute atomic E-state index is 12.0. The fourth-order valence-corrected chi connectivity index (χ4v) is 2.21. The normalized spacial score (nSPS) is 11.4. The minimum atomic E-state index is -0.0427. The summed E-state index contributed by atoms with van der Waals surface area (Å²) >= 11 is 0. The molecule has 5 nitrogen and oxygen atoms in total. The van der Waals surface area contributed by atoms with E-state index in [0.29, 0.717) is 25.2 Å². The third kappa shape index (κ3) is 6.12. The topological polar surface area (TPSA) is 77.1 Å². The molecule has 3 N–H and O–H groups in total. The minimum absolute atomic E-state index is 0.0261. The number of rotatable bonds is 8. The minimum Gasteiger partial charge on any atom is -0.330 e. The Kier molecular flexibility index (Phi) is 6.62. The molecule has 1 aromatic heterocycles. The molecule has 5 heteroatoms. The van der Waals surface area contributed by atoms with Crippen LogP contribution in [0.4, 0.5) is 5.69 Å². The molecule has 0 unspecified atom stereocenters. The number of hydrogen-bond acceptors (Lipinski definition) is 3. The number of nitrogens with one attached hydrogen (secondary N) is 1. The molecule has 0 fully saturated rings. The maximum atomic E-state index is 12.0. The van der Waals surface area contributed by atoms with Crippen LogP contribution >= 0.6 is 0 Å². The number of nitrogens with two attached hydrogens (primary N) is 1. The molecule has 0 radical (unpaired) electrons. The predicted molar refractivity (Wildman–Crippen MR) is 86.3 cm³/mol. The van der Waals surface area contributed by atoms with Crippen LogP contribution in [0.3, 0.4) is 0 Å². The van der Waals surface area contributed by atoms with Crippen LogP contribution in [0, 0.1) is 5.41 Å². The lowest BCUT2D eigenvalue weighted by Gasteiger charge is -2.23. The smallest absolute Gasteiger partial charge is 0.250 e. The number of carbonyl (C=O) groups excluding carboxylic acids is 1. The molecular formula is C16H27N3O2. The third-order valence-corrected chi connectivity index (χ3v) is 3.58. The summed E-state index contributed by atoms with van der Waals surface area (Å²) in [7, 11) is 0. The number of amides is 1. The number of anilines is 1. The highest BCUT2D eigenvalue weighted by molar-refractivity contribution is 5.90. The van der Waals surface area contributed by atoms with Crippen LogP contribution in [0.1, 0.15) is 46.5 Å². The van der Waals surface area contributed by atoms with Gasteiger partial charge in [-0.2, -0.15) is 0 Å². The Morgan fingerprint density at radius 2 is 2.05 bits per heavy atom. The summed E-state index contributed by atoms with van der Waals surface area (Å²) in [5.74, 6) is -0.0261. The Labute approximate surface area is 126 Å². The molecule has 1 rings (SSSR count). The van der Waals surface area contributed by atoms with Crippen LogP contribution in [-0.2, 0) is 11.3 Å². The Balaban J connectivity index is 2.59. The van der Waals surface area contributed by atoms with Gasteiger partial charge in [-0.15, -0.1) is 0 Å². The van der Waals surface area contributed by atoms with Crippen molar-refractivity contribution >= 4 is 11.6 Å². The molecule has 0 spiro atoms. The molecule has 0 aliphatic carbocycles. The average Bonchev–Trinajstić information content (AvgIpc) is 2.41. The van der Waals surface area contributed by atoms with Crippen molar-refractivity contribution in [2.24, 2.45) is 11.1 Å². The standard InChI is InChI=1S/C16H27N3O2/c1-4-11-19-12-13(5-6-15(19)21)18-14(20)7-8-16(2,3)9-10-17/h5-6,12H,4,7-11,17H2,1-3H3,(H,18,20). The Morgan fingerprint density at radius 1 is 1.33 bits per heavy atom. The van der Waals surface area contributed by atoms with Gasteiger partial charge in [-0.05, 0) is 37.3 Å². The average molecular weight is 293 g/mol. The Hall–Kier alpha value is -1.62. The second-order valence-electron chi connectivity index (χ2n) is 6.20. The highest BCUT2D eigenvalue weighted by atomic mass is 16.1. The summed E-state index contributed by atoms with van der Waals surface area (Å²) in [6.45, 7) is 7.54. The summed E-state index contributed by atoms with van der Waals surface area (Å²) < 4.78 is 1.62. The van der Waals surface area contributed by atoms with Crippen molar-refractivity contribution in [3.8, 4) is 0 Å². The largest absolute Gasteiger partial charge is 0.330 e. The molecule has 0 saturated carbocycles. The first kappa shape index (κ1) is 17.4. The van der Waals surface area contributed by atoms with Gasteiger partial charge in [-0.25, -0.2) is 0 Å². The zero-order chi connectivity index (χ0) is 15.9. The number of nitrogens with zero attached hydrogens (tertiary/aromatic N) is 1. The Morgan fingerprint density at radius 3 is 2.67 bits per heavy atom. The van der Waals surface area contributed by atoms with Gasteiger partial charge in [0.05, 0.1) is 5.69 Å². The number of aryl methyl sites for hydroxylation is 1. The molecule has 0 aliphatic heterocycles. The van der Waals surface area contributed by atoms with Gasteiger partial charge < -0.3 is 15.6 Å². The van der Waals surface area contributed by atoms with Crippen LogP contribution in [0.25, 0.3) is 0 Å². The highest BCUT2D eigenvalue weighted by Crippen LogP contribution is 2.26. The molecule has 21 heavy (non-hydrogen) atoms. The summed E-state index contributed by atoms with van der Waals surface area (Å²) in [6.07, 6.45) is 4.74. The van der Waals surface area contributed by atoms with E-state index in [2.05, 4.69) is 19.2 Å². The summed E-state index contributed by atoms with van der Waals surface area (Å²) in [5.41, 5.74) is 6.28. The van der Waals surface area contributed by atoms with Crippen LogP contribution in [0.2, 0.25) is 0 Å². The van der Waals surface area contributed by atoms with Crippen molar-refractivity contribution < 1.29 is 4.79 Å². The Bertz CT molecular complexity index is 520. The van der Waals surface area contributed by atoms with Crippen molar-refractivity contribution in [2.45, 2.75) is 53.0 Å². The van der Waals surface area contributed by atoms with E-state index >= 15 is 0 Å². The van der Waals surface area contributed by atoms with E-state index in [1.165, 1.54) is 6.07 Å². The van der Waals surface area contributed by atoms with E-state index in [9.17, 15) is 9.59 Å². The van der Waals surface area contributed by atoms with Crippen molar-refractivity contribution in [3.63, 3.8) is 0 Å². The van der Waals surface area contributed by atoms with E-state index in [1.54, 1.807) is 16.8 Å². The number of pyridine rings is 1. The molecule has 0 aromatic carbocycles. The SMILES string of the molecule is CCCn1cc(NC(=O)CCC(C)(C)CCN)ccc1=O. The van der Waals surface area contributed by atoms with Gasteiger partial charge in [-0.3, -0.25) is 9.59 Å². The molecule has 0 aliphatic rings. The van der Waals surface area contributed by atoms with Crippen molar-refractivity contribution in [2.75, 3.05) is 11.9 Å². The van der Waals surface area contributed by atoms with Crippen LogP contribution in [0.15, 0.2) is 23.1 Å². The second-order valence-corrected chi connectivity index (χ2v) is 6.20. The zero-order valence-electron chi connectivity index (χ0n) is 13.3. The van der Waals surface area contributed by atoms with Gasteiger partial charge in [-0.1, -0.05) is 20.8 Å². The summed E-state index contributed by atoms with van der Waals surface area (Å²) in [6, 6.07) is 3.14. The van der Waals surface area contributed by atoms with Gasteiger partial charge in [0.25, 0.3) is 5.56 Å². The van der Waals surface area contributed by atoms with E-state index in [1.807, 2.05) is 6.92 Å². The molecule has 1 aromatic rings. The molecular weight excluding hydrogens is 266 g/mol. The molecule has 1 heterocycles. The lowest BCUT2D eigenvalue weighted by atomic mass is 9.84. The number of hydrogen-bond donors (Lipinski definition) is 2. The lowest BCUT2D eigenvalue weighted by Crippen LogP contribution is -2.22. The van der Waals surface area contributed by atoms with Crippen LogP contribution in [0.5, 0.6) is 0 Å². The van der Waals surface area contributed by atoms with Gasteiger partial charge >= 0.3 is 0 Å². The quantitative estimate of drug-likeness (QED) is 0.772. The third-order valence-electron chi connectivity index (χ3n) is 3.58. The molecule has 1 amide bonds. The first-order valence-corrected chi connectivity index (χ1v) is 7.58. The monoisotopic (exact) mass is 293 g/mol. The number of aromatic nitrogens is 1. The molecule has 0 bridgehead atoms. The van der Waals surface area contributed by atoms with E-state index in [0.717, 1.165) is 19.3 Å². The van der Waals surface area contributed by atoms with Crippen LogP contribution in [-0.4, -0.2) is 17.0 Å². The van der Waals surface area contributed by atoms with Gasteiger partial charge in [0, 0.05) is 25.2 Å². The van der Waals surface area contributed by atoms with Crippen molar-refractivity contribution in [1.29, 1.82) is 0 Å². The fraction of sp³-hybridized carbons (Fsp3) is 0.625. The summed E-state index contributed by atoms with van der Waals surface area (Å²) in [4.78, 5) is 23.6. The number of carbonyl (C=O) groups is 1. The first-order chi connectivity index (χ1) is 9.88. The second kappa shape index (κ2) is 7.98. The van der Waals surface area contributed by atoms with Crippen molar-refractivity contribution in [1.82, 2.24) is 4.57 Å². The molecule has 0 atom stereocenters. The lowest BCUT2D eigenvalue weighted by molar-refractivity contribution is -0.116.